The van der Waals surface area contributed by atoms with Crippen LogP contribution in [0, 0.1) is 13.8 Å². The second kappa shape index (κ2) is 12.4. The van der Waals surface area contributed by atoms with Crippen LogP contribution in [0.2, 0.25) is 0 Å². The van der Waals surface area contributed by atoms with Gasteiger partial charge in [0, 0.05) is 38.9 Å². The Hall–Kier alpha value is -4.90. The highest BCUT2D eigenvalue weighted by Gasteiger charge is 2.26. The Morgan fingerprint density at radius 1 is 1.00 bits per heavy atom. The summed E-state index contributed by atoms with van der Waals surface area (Å²) in [6.45, 7) is 10.7. The normalized spacial score (nSPS) is 13.9. The molecule has 0 radical (unpaired) electrons. The molecule has 1 N–H and O–H groups in total. The maximum absolute atomic E-state index is 13.2. The summed E-state index contributed by atoms with van der Waals surface area (Å²) in [7, 11) is 0. The number of carboxylic acid groups (broad SMARTS) is 1. The summed E-state index contributed by atoms with van der Waals surface area (Å²) >= 11 is 0. The minimum Gasteiger partial charge on any atom is -0.485 e. The molecule has 3 aromatic heterocycles. The monoisotopic (exact) mass is 596 g/mol. The van der Waals surface area contributed by atoms with Crippen molar-refractivity contribution in [2.24, 2.45) is 0 Å². The predicted octanol–water partition coefficient (Wildman–Crippen LogP) is 4.75. The van der Waals surface area contributed by atoms with E-state index in [0.29, 0.717) is 50.8 Å². The van der Waals surface area contributed by atoms with Crippen molar-refractivity contribution in [3.05, 3.63) is 101 Å². The molecule has 1 fully saturated rings. The van der Waals surface area contributed by atoms with Gasteiger partial charge < -0.3 is 28.3 Å². The molecule has 1 aliphatic rings. The zero-order valence-electron chi connectivity index (χ0n) is 25.2. The van der Waals surface area contributed by atoms with Crippen LogP contribution in [-0.4, -0.2) is 72.1 Å². The molecular formula is C33H36N6O5. The fourth-order valence-electron chi connectivity index (χ4n) is 5.67. The number of aryl methyl sites for hydroxylation is 3. The van der Waals surface area contributed by atoms with Gasteiger partial charge in [0.1, 0.15) is 23.9 Å². The minimum atomic E-state index is -0.974. The lowest BCUT2D eigenvalue weighted by Crippen LogP contribution is -2.48. The predicted molar refractivity (Wildman–Crippen MR) is 164 cm³/mol. The van der Waals surface area contributed by atoms with Gasteiger partial charge in [0.15, 0.2) is 5.76 Å². The number of carbonyl (C=O) groups is 2. The fourth-order valence-corrected chi connectivity index (χ4v) is 5.67. The molecule has 228 valence electrons. The van der Waals surface area contributed by atoms with Crippen LogP contribution >= 0.6 is 0 Å². The first-order valence-corrected chi connectivity index (χ1v) is 14.8. The number of imidazole rings is 2. The summed E-state index contributed by atoms with van der Waals surface area (Å²) in [6, 6.07) is 14.6. The smallest absolute Gasteiger partial charge is 0.335 e. The first-order valence-electron chi connectivity index (χ1n) is 14.8. The first-order chi connectivity index (χ1) is 21.3. The fraction of sp³-hybridized carbons (Fsp3) is 0.333. The third-order valence-corrected chi connectivity index (χ3v) is 8.13. The summed E-state index contributed by atoms with van der Waals surface area (Å²) in [5.74, 6) is 1.43. The first kappa shape index (κ1) is 29.2. The molecule has 1 aliphatic heterocycles. The molecule has 0 spiro atoms. The Labute approximate surface area is 255 Å². The van der Waals surface area contributed by atoms with E-state index in [1.165, 1.54) is 5.56 Å². The van der Waals surface area contributed by atoms with E-state index in [-0.39, 0.29) is 18.1 Å². The van der Waals surface area contributed by atoms with Crippen molar-refractivity contribution in [2.75, 3.05) is 26.2 Å². The summed E-state index contributed by atoms with van der Waals surface area (Å²) < 4.78 is 15.9. The van der Waals surface area contributed by atoms with Crippen molar-refractivity contribution in [1.82, 2.24) is 28.9 Å². The van der Waals surface area contributed by atoms with E-state index in [2.05, 4.69) is 32.0 Å². The Morgan fingerprint density at radius 2 is 1.82 bits per heavy atom. The molecule has 6 rings (SSSR count). The quantitative estimate of drug-likeness (QED) is 0.246. The van der Waals surface area contributed by atoms with Crippen LogP contribution in [0.25, 0.3) is 11.0 Å². The van der Waals surface area contributed by atoms with E-state index in [4.69, 9.17) is 14.1 Å². The van der Waals surface area contributed by atoms with E-state index >= 15 is 0 Å². The van der Waals surface area contributed by atoms with Crippen molar-refractivity contribution in [1.29, 1.82) is 0 Å². The van der Waals surface area contributed by atoms with Crippen LogP contribution in [-0.2, 0) is 26.2 Å². The average Bonchev–Trinajstić information content (AvgIpc) is 3.76. The largest absolute Gasteiger partial charge is 0.485 e. The number of hydrogen-bond donors (Lipinski definition) is 1. The second-order valence-electron chi connectivity index (χ2n) is 11.2. The number of nitrogens with zero attached hydrogens (tertiary/aromatic N) is 6. The molecule has 4 heterocycles. The number of amides is 1. The molecule has 0 atom stereocenters. The van der Waals surface area contributed by atoms with Gasteiger partial charge in [-0.25, -0.2) is 14.8 Å². The maximum atomic E-state index is 13.2. The highest BCUT2D eigenvalue weighted by Crippen LogP contribution is 2.23. The lowest BCUT2D eigenvalue weighted by atomic mass is 10.1. The minimum absolute atomic E-state index is 0.135. The van der Waals surface area contributed by atoms with E-state index in [1.807, 2.05) is 37.1 Å². The number of carboxylic acids is 1. The number of piperazine rings is 1. The molecule has 11 nitrogen and oxygen atoms in total. The van der Waals surface area contributed by atoms with Crippen LogP contribution in [0.1, 0.15) is 56.2 Å². The summed E-state index contributed by atoms with van der Waals surface area (Å²) in [6.07, 6.45) is 3.63. The number of hydrogen-bond acceptors (Lipinski definition) is 7. The lowest BCUT2D eigenvalue weighted by molar-refractivity contribution is 0.0589. The molecule has 1 saturated heterocycles. The zero-order valence-corrected chi connectivity index (χ0v) is 25.2. The highest BCUT2D eigenvalue weighted by atomic mass is 16.5. The third-order valence-electron chi connectivity index (χ3n) is 8.13. The molecule has 2 aromatic carbocycles. The van der Waals surface area contributed by atoms with Gasteiger partial charge in [0.2, 0.25) is 0 Å². The van der Waals surface area contributed by atoms with E-state index in [9.17, 15) is 14.7 Å². The highest BCUT2D eigenvalue weighted by molar-refractivity contribution is 5.92. The van der Waals surface area contributed by atoms with E-state index in [0.717, 1.165) is 40.4 Å². The number of furan rings is 1. The molecule has 5 aromatic rings. The van der Waals surface area contributed by atoms with Gasteiger partial charge >= 0.3 is 5.97 Å². The number of aromatic carboxylic acids is 1. The van der Waals surface area contributed by atoms with Crippen molar-refractivity contribution < 1.29 is 23.8 Å². The van der Waals surface area contributed by atoms with Gasteiger partial charge in [-0.3, -0.25) is 9.69 Å². The molecule has 0 aliphatic carbocycles. The zero-order chi connectivity index (χ0) is 30.8. The lowest BCUT2D eigenvalue weighted by Gasteiger charge is -2.34. The standard InChI is InChI=1S/C33H36N6O5/c1-4-37-21-34-17-25(37)18-39-28-16-24(33(41)42)6-8-27(28)35-31(39)19-36-11-13-38(14-12-36)32(40)30-10-7-26(44-30)20-43-29-9-5-22(2)15-23(29)3/h5-10,15-17,21H,4,11-14,18-20H2,1-3H3,(H,41,42). The number of carbonyl (C=O) groups excluding carboxylic acids is 1. The average molecular weight is 597 g/mol. The molecule has 44 heavy (non-hydrogen) atoms. The Morgan fingerprint density at radius 3 is 2.57 bits per heavy atom. The van der Waals surface area contributed by atoms with Gasteiger partial charge in [-0.05, 0) is 62.7 Å². The van der Waals surface area contributed by atoms with Gasteiger partial charge in [0.25, 0.3) is 5.91 Å². The summed E-state index contributed by atoms with van der Waals surface area (Å²) in [4.78, 5) is 38.2. The number of aromatic nitrogens is 4. The number of fused-ring (bicyclic) bond motifs is 1. The molecule has 11 heteroatoms. The Bertz CT molecular complexity index is 1810. The number of ether oxygens (including phenoxy) is 1. The van der Waals surface area contributed by atoms with Crippen molar-refractivity contribution in [3.63, 3.8) is 0 Å². The Balaban J connectivity index is 1.11. The Kier molecular flexibility index (Phi) is 8.21. The van der Waals surface area contributed by atoms with Gasteiger partial charge in [-0.1, -0.05) is 17.7 Å². The number of rotatable bonds is 10. The van der Waals surface area contributed by atoms with Crippen molar-refractivity contribution in [3.8, 4) is 5.75 Å². The third kappa shape index (κ3) is 6.09. The maximum Gasteiger partial charge on any atom is 0.335 e. The van der Waals surface area contributed by atoms with Crippen LogP contribution < -0.4 is 4.74 Å². The van der Waals surface area contributed by atoms with E-state index in [1.54, 1.807) is 36.7 Å². The molecular weight excluding hydrogens is 560 g/mol. The van der Waals surface area contributed by atoms with Gasteiger partial charge in [-0.15, -0.1) is 0 Å². The molecule has 0 unspecified atom stereocenters. The topological polar surface area (TPSA) is 119 Å². The van der Waals surface area contributed by atoms with Crippen LogP contribution in [0.5, 0.6) is 5.75 Å². The summed E-state index contributed by atoms with van der Waals surface area (Å²) in [5.41, 5.74) is 4.98. The molecule has 1 amide bonds. The van der Waals surface area contributed by atoms with E-state index < -0.39 is 5.97 Å². The van der Waals surface area contributed by atoms with Gasteiger partial charge in [0.05, 0.1) is 41.7 Å². The molecule has 0 saturated carbocycles. The summed E-state index contributed by atoms with van der Waals surface area (Å²) in [5, 5.41) is 9.59. The van der Waals surface area contributed by atoms with Crippen LogP contribution in [0.15, 0.2) is 65.5 Å². The van der Waals surface area contributed by atoms with Crippen molar-refractivity contribution in [2.45, 2.75) is 47.0 Å². The second-order valence-corrected chi connectivity index (χ2v) is 11.2. The SMILES string of the molecule is CCn1cncc1Cn1c(CN2CCN(C(=O)c3ccc(COc4ccc(C)cc4C)o3)CC2)nc2ccc(C(=O)O)cc21. The van der Waals surface area contributed by atoms with Crippen LogP contribution in [0.4, 0.5) is 0 Å². The van der Waals surface area contributed by atoms with Gasteiger partial charge in [-0.2, -0.15) is 0 Å². The molecule has 0 bridgehead atoms. The number of benzene rings is 2. The van der Waals surface area contributed by atoms with Crippen molar-refractivity contribution >= 4 is 22.9 Å². The van der Waals surface area contributed by atoms with Crippen LogP contribution in [0.3, 0.4) is 0 Å².